The van der Waals surface area contributed by atoms with Crippen molar-refractivity contribution in [3.63, 3.8) is 0 Å². The second kappa shape index (κ2) is 3.89. The molecule has 0 N–H and O–H groups in total. The molecular weight excluding hydrogens is 178 g/mol. The molecule has 0 bridgehead atoms. The Hall–Kier alpha value is -0.570. The van der Waals surface area contributed by atoms with Crippen LogP contribution < -0.4 is 0 Å². The monoisotopic (exact) mass is 199 g/mol. The molecule has 0 radical (unpaired) electrons. The maximum atomic E-state index is 11.9. The first-order valence-corrected chi connectivity index (χ1v) is 5.30. The van der Waals surface area contributed by atoms with Gasteiger partial charge in [-0.25, -0.2) is 0 Å². The molecule has 0 spiro atoms. The third kappa shape index (κ3) is 2.08. The van der Waals surface area contributed by atoms with E-state index in [0.717, 1.165) is 6.54 Å². The molecule has 0 aliphatic carbocycles. The Morgan fingerprint density at radius 1 is 1.50 bits per heavy atom. The lowest BCUT2D eigenvalue weighted by atomic mass is 9.95. The lowest BCUT2D eigenvalue weighted by Crippen LogP contribution is -2.58. The fourth-order valence-electron chi connectivity index (χ4n) is 1.73. The van der Waals surface area contributed by atoms with Crippen LogP contribution in [0.25, 0.3) is 0 Å². The van der Waals surface area contributed by atoms with E-state index in [1.807, 2.05) is 32.6 Å². The van der Waals surface area contributed by atoms with Gasteiger partial charge < -0.3 is 9.64 Å². The highest BCUT2D eigenvalue weighted by molar-refractivity contribution is 5.78. The van der Waals surface area contributed by atoms with Crippen molar-refractivity contribution in [1.82, 2.24) is 4.90 Å². The fraction of sp³-hybridized carbons (Fsp3) is 0.909. The van der Waals surface area contributed by atoms with Crippen LogP contribution in [0.15, 0.2) is 0 Å². The average Bonchev–Trinajstić information content (AvgIpc) is 2.08. The van der Waals surface area contributed by atoms with Gasteiger partial charge in [0.1, 0.15) is 0 Å². The summed E-state index contributed by atoms with van der Waals surface area (Å²) in [6, 6.07) is 0.158. The summed E-state index contributed by atoms with van der Waals surface area (Å²) in [6.07, 6.45) is 0. The number of ether oxygens (including phenoxy) is 1. The molecule has 1 rings (SSSR count). The molecule has 0 aromatic heterocycles. The van der Waals surface area contributed by atoms with Crippen molar-refractivity contribution in [2.45, 2.75) is 46.3 Å². The quantitative estimate of drug-likeness (QED) is 0.643. The Morgan fingerprint density at radius 2 is 2.07 bits per heavy atom. The molecule has 3 heteroatoms. The normalized spacial score (nSPS) is 26.7. The van der Waals surface area contributed by atoms with Crippen LogP contribution in [0.1, 0.15) is 34.6 Å². The van der Waals surface area contributed by atoms with Crippen LogP contribution in [0.2, 0.25) is 0 Å². The molecule has 1 saturated heterocycles. The molecule has 1 heterocycles. The van der Waals surface area contributed by atoms with Gasteiger partial charge in [-0.3, -0.25) is 4.79 Å². The van der Waals surface area contributed by atoms with E-state index in [1.165, 1.54) is 0 Å². The number of rotatable bonds is 1. The Morgan fingerprint density at radius 3 is 2.57 bits per heavy atom. The summed E-state index contributed by atoms with van der Waals surface area (Å²) in [6.45, 7) is 11.4. The van der Waals surface area contributed by atoms with Gasteiger partial charge >= 0.3 is 0 Å². The Bertz CT molecular complexity index is 223. The highest BCUT2D eigenvalue weighted by atomic mass is 16.5. The van der Waals surface area contributed by atoms with Crippen LogP contribution in [0.3, 0.4) is 0 Å². The SMILES string of the molecule is CC(C)C(=O)N1CCOC(C)(C)C1C. The van der Waals surface area contributed by atoms with E-state index >= 15 is 0 Å². The van der Waals surface area contributed by atoms with Gasteiger partial charge in [0, 0.05) is 12.5 Å². The Balaban J connectivity index is 2.75. The van der Waals surface area contributed by atoms with E-state index in [9.17, 15) is 4.79 Å². The van der Waals surface area contributed by atoms with E-state index in [2.05, 4.69) is 6.92 Å². The number of carbonyl (C=O) groups is 1. The number of morpholine rings is 1. The van der Waals surface area contributed by atoms with Crippen molar-refractivity contribution < 1.29 is 9.53 Å². The molecule has 1 atom stereocenters. The molecule has 1 aliphatic heterocycles. The molecule has 0 aromatic carbocycles. The molecule has 3 nitrogen and oxygen atoms in total. The maximum absolute atomic E-state index is 11.9. The number of carbonyl (C=O) groups excluding carboxylic acids is 1. The molecule has 1 unspecified atom stereocenters. The van der Waals surface area contributed by atoms with Gasteiger partial charge in [-0.1, -0.05) is 13.8 Å². The second-order valence-corrected chi connectivity index (χ2v) is 4.81. The fourth-order valence-corrected chi connectivity index (χ4v) is 1.73. The highest BCUT2D eigenvalue weighted by Gasteiger charge is 2.38. The van der Waals surface area contributed by atoms with Gasteiger partial charge in [0.05, 0.1) is 18.2 Å². The summed E-state index contributed by atoms with van der Waals surface area (Å²) in [5.74, 6) is 0.306. The Kier molecular flexibility index (Phi) is 3.20. The van der Waals surface area contributed by atoms with Crippen LogP contribution >= 0.6 is 0 Å². The first-order chi connectivity index (χ1) is 6.36. The van der Waals surface area contributed by atoms with Crippen LogP contribution in [0, 0.1) is 5.92 Å². The van der Waals surface area contributed by atoms with Crippen molar-refractivity contribution in [3.05, 3.63) is 0 Å². The predicted molar refractivity (Wildman–Crippen MR) is 56.0 cm³/mol. The van der Waals surface area contributed by atoms with Crippen molar-refractivity contribution in [2.24, 2.45) is 5.92 Å². The van der Waals surface area contributed by atoms with Crippen LogP contribution in [-0.4, -0.2) is 35.6 Å². The highest BCUT2D eigenvalue weighted by Crippen LogP contribution is 2.25. The smallest absolute Gasteiger partial charge is 0.225 e. The average molecular weight is 199 g/mol. The van der Waals surface area contributed by atoms with E-state index in [1.54, 1.807) is 0 Å². The summed E-state index contributed by atoms with van der Waals surface area (Å²) in [5.41, 5.74) is -0.219. The zero-order chi connectivity index (χ0) is 10.9. The van der Waals surface area contributed by atoms with Crippen LogP contribution in [0.5, 0.6) is 0 Å². The van der Waals surface area contributed by atoms with Crippen molar-refractivity contribution in [1.29, 1.82) is 0 Å². The van der Waals surface area contributed by atoms with E-state index in [4.69, 9.17) is 4.74 Å². The molecule has 1 aliphatic rings. The second-order valence-electron chi connectivity index (χ2n) is 4.81. The Labute approximate surface area is 86.4 Å². The molecule has 82 valence electrons. The summed E-state index contributed by atoms with van der Waals surface area (Å²) in [4.78, 5) is 13.8. The van der Waals surface area contributed by atoms with Gasteiger partial charge in [-0.15, -0.1) is 0 Å². The minimum atomic E-state index is -0.219. The lowest BCUT2D eigenvalue weighted by molar-refractivity contribution is -0.160. The van der Waals surface area contributed by atoms with Crippen molar-refractivity contribution in [2.75, 3.05) is 13.2 Å². The van der Waals surface area contributed by atoms with E-state index in [-0.39, 0.29) is 23.5 Å². The molecule has 1 amide bonds. The van der Waals surface area contributed by atoms with Crippen molar-refractivity contribution >= 4 is 5.91 Å². The van der Waals surface area contributed by atoms with E-state index in [0.29, 0.717) is 6.61 Å². The number of hydrogen-bond donors (Lipinski definition) is 0. The molecule has 1 fully saturated rings. The molecule has 14 heavy (non-hydrogen) atoms. The standard InChI is InChI=1S/C11H21NO2/c1-8(2)10(13)12-6-7-14-11(4,5)9(12)3/h8-9H,6-7H2,1-5H3. The number of hydrogen-bond acceptors (Lipinski definition) is 2. The predicted octanol–water partition coefficient (Wildman–Crippen LogP) is 1.67. The minimum Gasteiger partial charge on any atom is -0.372 e. The number of nitrogens with zero attached hydrogens (tertiary/aromatic N) is 1. The largest absolute Gasteiger partial charge is 0.372 e. The van der Waals surface area contributed by atoms with E-state index < -0.39 is 0 Å². The third-order valence-corrected chi connectivity index (χ3v) is 3.06. The zero-order valence-electron chi connectivity index (χ0n) is 9.83. The van der Waals surface area contributed by atoms with Crippen LogP contribution in [0.4, 0.5) is 0 Å². The zero-order valence-corrected chi connectivity index (χ0v) is 9.83. The van der Waals surface area contributed by atoms with Gasteiger partial charge in [0.15, 0.2) is 0 Å². The summed E-state index contributed by atoms with van der Waals surface area (Å²) in [5, 5.41) is 0. The molecular formula is C11H21NO2. The summed E-state index contributed by atoms with van der Waals surface area (Å²) < 4.78 is 5.64. The topological polar surface area (TPSA) is 29.5 Å². The molecule has 0 aromatic rings. The number of amides is 1. The van der Waals surface area contributed by atoms with Crippen LogP contribution in [-0.2, 0) is 9.53 Å². The maximum Gasteiger partial charge on any atom is 0.225 e. The lowest BCUT2D eigenvalue weighted by Gasteiger charge is -2.45. The van der Waals surface area contributed by atoms with Crippen molar-refractivity contribution in [3.8, 4) is 0 Å². The first kappa shape index (κ1) is 11.5. The summed E-state index contributed by atoms with van der Waals surface area (Å²) >= 11 is 0. The van der Waals surface area contributed by atoms with Gasteiger partial charge in [0.2, 0.25) is 5.91 Å². The first-order valence-electron chi connectivity index (χ1n) is 5.30. The van der Waals surface area contributed by atoms with Gasteiger partial charge in [0.25, 0.3) is 0 Å². The molecule has 0 saturated carbocycles. The van der Waals surface area contributed by atoms with Gasteiger partial charge in [-0.05, 0) is 20.8 Å². The summed E-state index contributed by atoms with van der Waals surface area (Å²) in [7, 11) is 0. The van der Waals surface area contributed by atoms with Gasteiger partial charge in [-0.2, -0.15) is 0 Å². The third-order valence-electron chi connectivity index (χ3n) is 3.06. The minimum absolute atomic E-state index is 0.0753.